The summed E-state index contributed by atoms with van der Waals surface area (Å²) in [5.74, 6) is 1.37. The lowest BCUT2D eigenvalue weighted by Crippen LogP contribution is -2.64. The fourth-order valence-corrected chi connectivity index (χ4v) is 5.05. The maximum atomic E-state index is 6.30. The average molecular weight is 238 g/mol. The molecule has 2 heteroatoms. The van der Waals surface area contributed by atoms with Crippen molar-refractivity contribution < 1.29 is 9.47 Å². The molecule has 17 heavy (non-hydrogen) atoms. The van der Waals surface area contributed by atoms with E-state index in [2.05, 4.69) is 20.8 Å². The normalized spacial score (nSPS) is 51.0. The zero-order valence-corrected chi connectivity index (χ0v) is 11.9. The van der Waals surface area contributed by atoms with E-state index in [1.807, 2.05) is 13.8 Å². The second kappa shape index (κ2) is 3.27. The lowest BCUT2D eigenvalue weighted by atomic mass is 9.60. The van der Waals surface area contributed by atoms with Crippen LogP contribution in [0.25, 0.3) is 0 Å². The molecule has 1 spiro atoms. The number of ether oxygens (including phenoxy) is 2. The van der Waals surface area contributed by atoms with Crippen LogP contribution in [-0.2, 0) is 9.47 Å². The number of hydrogen-bond acceptors (Lipinski definition) is 2. The molecule has 2 nitrogen and oxygen atoms in total. The van der Waals surface area contributed by atoms with Gasteiger partial charge in [-0.25, -0.2) is 0 Å². The Balaban J connectivity index is 1.97. The lowest BCUT2D eigenvalue weighted by molar-refractivity contribution is -0.382. The van der Waals surface area contributed by atoms with Gasteiger partial charge in [-0.2, -0.15) is 0 Å². The molecule has 0 aromatic heterocycles. The predicted molar refractivity (Wildman–Crippen MR) is 67.7 cm³/mol. The summed E-state index contributed by atoms with van der Waals surface area (Å²) >= 11 is 0. The van der Waals surface area contributed by atoms with Crippen molar-refractivity contribution in [3.05, 3.63) is 0 Å². The highest BCUT2D eigenvalue weighted by Gasteiger charge is 2.67. The van der Waals surface area contributed by atoms with Crippen LogP contribution in [0.15, 0.2) is 0 Å². The molecule has 1 heterocycles. The Morgan fingerprint density at radius 3 is 2.47 bits per heavy atom. The first kappa shape index (κ1) is 12.0. The summed E-state index contributed by atoms with van der Waals surface area (Å²) in [5.41, 5.74) is 0.194. The zero-order chi connectivity index (χ0) is 12.5. The van der Waals surface area contributed by atoms with Gasteiger partial charge in [-0.1, -0.05) is 12.8 Å². The third-order valence-electron chi connectivity index (χ3n) is 5.56. The topological polar surface area (TPSA) is 18.5 Å². The van der Waals surface area contributed by atoms with Crippen LogP contribution in [-0.4, -0.2) is 17.5 Å². The Hall–Kier alpha value is -0.0800. The number of hydrogen-bond donors (Lipinski definition) is 0. The van der Waals surface area contributed by atoms with Crippen LogP contribution in [0.5, 0.6) is 0 Å². The molecule has 2 aliphatic carbocycles. The number of fused-ring (bicyclic) bond motifs is 2. The van der Waals surface area contributed by atoms with Crippen LogP contribution in [0.4, 0.5) is 0 Å². The maximum absolute atomic E-state index is 6.30. The van der Waals surface area contributed by atoms with Gasteiger partial charge in [-0.15, -0.1) is 0 Å². The van der Waals surface area contributed by atoms with E-state index in [1.165, 1.54) is 25.7 Å². The van der Waals surface area contributed by atoms with Crippen molar-refractivity contribution in [2.45, 2.75) is 77.8 Å². The van der Waals surface area contributed by atoms with E-state index in [1.54, 1.807) is 0 Å². The van der Waals surface area contributed by atoms with Gasteiger partial charge in [0.1, 0.15) is 0 Å². The van der Waals surface area contributed by atoms with Crippen LogP contribution < -0.4 is 0 Å². The third kappa shape index (κ3) is 1.53. The molecule has 3 aliphatic rings. The van der Waals surface area contributed by atoms with E-state index >= 15 is 0 Å². The van der Waals surface area contributed by atoms with Gasteiger partial charge in [0.05, 0.1) is 11.7 Å². The van der Waals surface area contributed by atoms with E-state index in [9.17, 15) is 0 Å². The summed E-state index contributed by atoms with van der Waals surface area (Å²) in [4.78, 5) is 0. The molecule has 0 bridgehead atoms. The van der Waals surface area contributed by atoms with Gasteiger partial charge in [-0.05, 0) is 59.3 Å². The van der Waals surface area contributed by atoms with Crippen molar-refractivity contribution in [1.29, 1.82) is 0 Å². The Labute approximate surface area is 105 Å². The summed E-state index contributed by atoms with van der Waals surface area (Å²) < 4.78 is 12.5. The van der Waals surface area contributed by atoms with Gasteiger partial charge in [0.15, 0.2) is 5.79 Å². The number of rotatable bonds is 0. The lowest BCUT2D eigenvalue weighted by Gasteiger charge is -2.59. The Bertz CT molecular complexity index is 334. The van der Waals surface area contributed by atoms with Crippen LogP contribution in [0, 0.1) is 17.3 Å². The standard InChI is InChI=1S/C15H26O2/c1-10-15(8-6-7-11-9-12(11)15)13(2,3)17-14(4,5)16-10/h10-12H,6-9H2,1-5H3. The smallest absolute Gasteiger partial charge is 0.163 e. The highest BCUT2D eigenvalue weighted by Crippen LogP contribution is 2.67. The summed E-state index contributed by atoms with van der Waals surface area (Å²) in [7, 11) is 0. The van der Waals surface area contributed by atoms with Gasteiger partial charge < -0.3 is 9.47 Å². The van der Waals surface area contributed by atoms with Gasteiger partial charge in [-0.3, -0.25) is 0 Å². The van der Waals surface area contributed by atoms with Crippen molar-refractivity contribution in [2.24, 2.45) is 17.3 Å². The Morgan fingerprint density at radius 2 is 1.82 bits per heavy atom. The molecular formula is C15H26O2. The predicted octanol–water partition coefficient (Wildman–Crippen LogP) is 3.74. The third-order valence-corrected chi connectivity index (χ3v) is 5.56. The molecule has 4 unspecified atom stereocenters. The second-order valence-electron chi connectivity index (χ2n) is 7.31. The van der Waals surface area contributed by atoms with Crippen LogP contribution in [0.2, 0.25) is 0 Å². The quantitative estimate of drug-likeness (QED) is 0.640. The van der Waals surface area contributed by atoms with Crippen molar-refractivity contribution in [3.8, 4) is 0 Å². The molecule has 2 saturated carbocycles. The van der Waals surface area contributed by atoms with Gasteiger partial charge in [0, 0.05) is 5.41 Å². The molecule has 3 fully saturated rings. The minimum absolute atomic E-state index is 0.0615. The highest BCUT2D eigenvalue weighted by atomic mass is 16.7. The van der Waals surface area contributed by atoms with E-state index in [0.29, 0.717) is 6.10 Å². The Kier molecular flexibility index (Phi) is 2.30. The van der Waals surface area contributed by atoms with E-state index in [0.717, 1.165) is 11.8 Å². The Morgan fingerprint density at radius 1 is 1.12 bits per heavy atom. The molecule has 0 aromatic carbocycles. The van der Waals surface area contributed by atoms with Crippen molar-refractivity contribution >= 4 is 0 Å². The van der Waals surface area contributed by atoms with Gasteiger partial charge >= 0.3 is 0 Å². The summed E-state index contributed by atoms with van der Waals surface area (Å²) in [5, 5.41) is 0. The first-order valence-corrected chi connectivity index (χ1v) is 7.16. The first-order chi connectivity index (χ1) is 7.79. The summed E-state index contributed by atoms with van der Waals surface area (Å²) in [6, 6.07) is 0. The molecule has 0 N–H and O–H groups in total. The minimum atomic E-state index is -0.435. The second-order valence-corrected chi connectivity index (χ2v) is 7.31. The molecule has 0 amide bonds. The van der Waals surface area contributed by atoms with Crippen LogP contribution in [0.1, 0.15) is 60.3 Å². The van der Waals surface area contributed by atoms with Crippen molar-refractivity contribution in [2.75, 3.05) is 0 Å². The van der Waals surface area contributed by atoms with E-state index in [-0.39, 0.29) is 11.0 Å². The zero-order valence-electron chi connectivity index (χ0n) is 11.9. The largest absolute Gasteiger partial charge is 0.347 e. The van der Waals surface area contributed by atoms with E-state index in [4.69, 9.17) is 9.47 Å². The van der Waals surface area contributed by atoms with Gasteiger partial charge in [0.2, 0.25) is 0 Å². The molecule has 3 rings (SSSR count). The fraction of sp³-hybridized carbons (Fsp3) is 1.00. The monoisotopic (exact) mass is 238 g/mol. The average Bonchev–Trinajstić information content (AvgIpc) is 2.90. The minimum Gasteiger partial charge on any atom is -0.347 e. The maximum Gasteiger partial charge on any atom is 0.163 e. The molecule has 1 aliphatic heterocycles. The molecule has 1 saturated heterocycles. The molecule has 4 atom stereocenters. The SMILES string of the molecule is CC1OC(C)(C)OC(C)(C)C12CCCC1CC12. The molecular weight excluding hydrogens is 212 g/mol. The van der Waals surface area contributed by atoms with Crippen molar-refractivity contribution in [1.82, 2.24) is 0 Å². The summed E-state index contributed by atoms with van der Waals surface area (Å²) in [6.45, 7) is 10.9. The van der Waals surface area contributed by atoms with Crippen LogP contribution >= 0.6 is 0 Å². The summed E-state index contributed by atoms with van der Waals surface area (Å²) in [6.07, 6.45) is 5.77. The molecule has 98 valence electrons. The first-order valence-electron chi connectivity index (χ1n) is 7.16. The fourth-order valence-electron chi connectivity index (χ4n) is 5.05. The van der Waals surface area contributed by atoms with E-state index < -0.39 is 5.79 Å². The van der Waals surface area contributed by atoms with Gasteiger partial charge in [0.25, 0.3) is 0 Å². The van der Waals surface area contributed by atoms with Crippen LogP contribution in [0.3, 0.4) is 0 Å². The molecule has 0 radical (unpaired) electrons. The van der Waals surface area contributed by atoms with Crippen molar-refractivity contribution in [3.63, 3.8) is 0 Å². The highest BCUT2D eigenvalue weighted by molar-refractivity contribution is 5.14. The molecule has 0 aromatic rings.